The molecule has 0 aromatic heterocycles. The number of nitrogens with one attached hydrogen (secondary N) is 1. The number of carboxylic acids is 1. The molecule has 104 valence electrons. The second-order valence-electron chi connectivity index (χ2n) is 4.42. The molecule has 0 aliphatic rings. The van der Waals surface area contributed by atoms with E-state index in [4.69, 9.17) is 16.7 Å². The van der Waals surface area contributed by atoms with Crippen LogP contribution in [0.4, 0.5) is 10.1 Å². The minimum atomic E-state index is -1.07. The summed E-state index contributed by atoms with van der Waals surface area (Å²) in [5.41, 5.74) is 2.48. The van der Waals surface area contributed by atoms with E-state index in [1.54, 1.807) is 12.1 Å². The highest BCUT2D eigenvalue weighted by Gasteiger charge is 2.09. The Morgan fingerprint density at radius 2 is 2.05 bits per heavy atom. The molecule has 2 N–H and O–H groups in total. The van der Waals surface area contributed by atoms with Gasteiger partial charge >= 0.3 is 5.97 Å². The van der Waals surface area contributed by atoms with Crippen molar-refractivity contribution in [1.29, 1.82) is 0 Å². The lowest BCUT2D eigenvalue weighted by molar-refractivity contribution is 0.0697. The van der Waals surface area contributed by atoms with Gasteiger partial charge in [0.25, 0.3) is 0 Å². The van der Waals surface area contributed by atoms with Gasteiger partial charge in [0, 0.05) is 12.2 Å². The number of hydrogen-bond acceptors (Lipinski definition) is 2. The first-order valence-corrected chi connectivity index (χ1v) is 6.37. The summed E-state index contributed by atoms with van der Waals surface area (Å²) in [7, 11) is 0. The Morgan fingerprint density at radius 1 is 1.30 bits per heavy atom. The maximum Gasteiger partial charge on any atom is 0.337 e. The molecular formula is C15H13ClFNO2. The highest BCUT2D eigenvalue weighted by atomic mass is 35.5. The highest BCUT2D eigenvalue weighted by molar-refractivity contribution is 6.33. The molecule has 0 aliphatic heterocycles. The number of halogens is 2. The molecule has 0 unspecified atom stereocenters. The van der Waals surface area contributed by atoms with Crippen LogP contribution in [0.15, 0.2) is 36.4 Å². The first-order valence-electron chi connectivity index (χ1n) is 5.99. The minimum absolute atomic E-state index is 0.0486. The van der Waals surface area contributed by atoms with E-state index in [0.29, 0.717) is 12.2 Å². The van der Waals surface area contributed by atoms with E-state index < -0.39 is 5.97 Å². The normalized spacial score (nSPS) is 10.3. The first kappa shape index (κ1) is 14.3. The van der Waals surface area contributed by atoms with Gasteiger partial charge < -0.3 is 10.4 Å². The molecule has 0 saturated carbocycles. The number of aryl methyl sites for hydroxylation is 1. The second kappa shape index (κ2) is 5.92. The van der Waals surface area contributed by atoms with Crippen molar-refractivity contribution in [3.63, 3.8) is 0 Å². The Balaban J connectivity index is 2.15. The minimum Gasteiger partial charge on any atom is -0.478 e. The number of rotatable bonds is 4. The van der Waals surface area contributed by atoms with E-state index in [9.17, 15) is 9.18 Å². The van der Waals surface area contributed by atoms with Crippen molar-refractivity contribution < 1.29 is 14.3 Å². The number of carboxylic acid groups (broad SMARTS) is 1. The predicted molar refractivity (Wildman–Crippen MR) is 76.9 cm³/mol. The fourth-order valence-electron chi connectivity index (χ4n) is 1.85. The van der Waals surface area contributed by atoms with Crippen molar-refractivity contribution in [2.24, 2.45) is 0 Å². The Hall–Kier alpha value is -2.07. The van der Waals surface area contributed by atoms with Gasteiger partial charge in [0.15, 0.2) is 0 Å². The summed E-state index contributed by atoms with van der Waals surface area (Å²) in [5.74, 6) is -1.34. The Bertz CT molecular complexity index is 658. The van der Waals surface area contributed by atoms with Gasteiger partial charge in [-0.15, -0.1) is 0 Å². The molecule has 5 heteroatoms. The van der Waals surface area contributed by atoms with Gasteiger partial charge in [-0.25, -0.2) is 9.18 Å². The van der Waals surface area contributed by atoms with Gasteiger partial charge in [-0.3, -0.25) is 0 Å². The van der Waals surface area contributed by atoms with E-state index in [0.717, 1.165) is 11.1 Å². The van der Waals surface area contributed by atoms with E-state index >= 15 is 0 Å². The molecule has 2 rings (SSSR count). The maximum absolute atomic E-state index is 13.0. The summed E-state index contributed by atoms with van der Waals surface area (Å²) in [6, 6.07) is 9.27. The summed E-state index contributed by atoms with van der Waals surface area (Å²) < 4.78 is 13.0. The third kappa shape index (κ3) is 3.27. The number of hydrogen-bond donors (Lipinski definition) is 2. The zero-order valence-corrected chi connectivity index (χ0v) is 11.5. The number of carbonyl (C=O) groups is 1. The standard InChI is InChI=1S/C15H13ClFNO2/c1-9-6-11(17)3-2-10(9)8-18-12-4-5-14(16)13(7-12)15(19)20/h2-7,18H,8H2,1H3,(H,19,20). The van der Waals surface area contributed by atoms with Crippen molar-refractivity contribution in [2.45, 2.75) is 13.5 Å². The van der Waals surface area contributed by atoms with Gasteiger partial charge in [0.05, 0.1) is 10.6 Å². The summed E-state index contributed by atoms with van der Waals surface area (Å²) in [6.07, 6.45) is 0. The molecule has 0 fully saturated rings. The molecule has 3 nitrogen and oxygen atoms in total. The first-order chi connectivity index (χ1) is 9.47. The average Bonchev–Trinajstić information content (AvgIpc) is 2.39. The second-order valence-corrected chi connectivity index (χ2v) is 4.83. The van der Waals surface area contributed by atoms with Crippen LogP contribution >= 0.6 is 11.6 Å². The summed E-state index contributed by atoms with van der Waals surface area (Å²) >= 11 is 5.80. The van der Waals surface area contributed by atoms with E-state index in [1.807, 2.05) is 6.92 Å². The highest BCUT2D eigenvalue weighted by Crippen LogP contribution is 2.21. The lowest BCUT2D eigenvalue weighted by atomic mass is 10.1. The third-order valence-electron chi connectivity index (χ3n) is 2.98. The van der Waals surface area contributed by atoms with Crippen LogP contribution in [0.5, 0.6) is 0 Å². The molecule has 2 aromatic rings. The molecule has 0 spiro atoms. The average molecular weight is 294 g/mol. The van der Waals surface area contributed by atoms with Gasteiger partial charge in [0.1, 0.15) is 5.82 Å². The lowest BCUT2D eigenvalue weighted by Gasteiger charge is -2.10. The van der Waals surface area contributed by atoms with Crippen LogP contribution < -0.4 is 5.32 Å². The number of anilines is 1. The van der Waals surface area contributed by atoms with Crippen LogP contribution in [-0.4, -0.2) is 11.1 Å². The van der Waals surface area contributed by atoms with E-state index in [-0.39, 0.29) is 16.4 Å². The molecule has 20 heavy (non-hydrogen) atoms. The van der Waals surface area contributed by atoms with Crippen molar-refractivity contribution in [1.82, 2.24) is 0 Å². The molecule has 0 atom stereocenters. The summed E-state index contributed by atoms with van der Waals surface area (Å²) in [5, 5.41) is 12.3. The molecular weight excluding hydrogens is 281 g/mol. The maximum atomic E-state index is 13.0. The summed E-state index contributed by atoms with van der Waals surface area (Å²) in [4.78, 5) is 11.0. The fourth-order valence-corrected chi connectivity index (χ4v) is 2.05. The smallest absolute Gasteiger partial charge is 0.337 e. The van der Waals surface area contributed by atoms with E-state index in [2.05, 4.69) is 5.32 Å². The van der Waals surface area contributed by atoms with Crippen LogP contribution in [-0.2, 0) is 6.54 Å². The fraction of sp³-hybridized carbons (Fsp3) is 0.133. The topological polar surface area (TPSA) is 49.3 Å². The van der Waals surface area contributed by atoms with Gasteiger partial charge in [-0.1, -0.05) is 17.7 Å². The van der Waals surface area contributed by atoms with Gasteiger partial charge in [-0.2, -0.15) is 0 Å². The molecule has 0 aliphatic carbocycles. The molecule has 0 amide bonds. The van der Waals surface area contributed by atoms with Crippen LogP contribution in [0.25, 0.3) is 0 Å². The molecule has 0 radical (unpaired) electrons. The van der Waals surface area contributed by atoms with E-state index in [1.165, 1.54) is 24.3 Å². The Kier molecular flexibility index (Phi) is 4.25. The van der Waals surface area contributed by atoms with Crippen LogP contribution in [0.2, 0.25) is 5.02 Å². The molecule has 0 bridgehead atoms. The van der Waals surface area contributed by atoms with Crippen molar-refractivity contribution in [3.05, 3.63) is 63.9 Å². The largest absolute Gasteiger partial charge is 0.478 e. The number of benzene rings is 2. The van der Waals surface area contributed by atoms with Crippen LogP contribution in [0.3, 0.4) is 0 Å². The van der Waals surface area contributed by atoms with Crippen LogP contribution in [0.1, 0.15) is 21.5 Å². The Morgan fingerprint density at radius 3 is 2.70 bits per heavy atom. The zero-order chi connectivity index (χ0) is 14.7. The summed E-state index contributed by atoms with van der Waals surface area (Å²) in [6.45, 7) is 2.30. The molecule has 2 aromatic carbocycles. The van der Waals surface area contributed by atoms with Crippen LogP contribution in [0, 0.1) is 12.7 Å². The van der Waals surface area contributed by atoms with Gasteiger partial charge in [-0.05, 0) is 48.4 Å². The van der Waals surface area contributed by atoms with Crippen molar-refractivity contribution >= 4 is 23.3 Å². The SMILES string of the molecule is Cc1cc(F)ccc1CNc1ccc(Cl)c(C(=O)O)c1. The number of aromatic carboxylic acids is 1. The predicted octanol–water partition coefficient (Wildman–Crippen LogP) is 4.10. The van der Waals surface area contributed by atoms with Gasteiger partial charge in [0.2, 0.25) is 0 Å². The van der Waals surface area contributed by atoms with Crippen molar-refractivity contribution in [3.8, 4) is 0 Å². The van der Waals surface area contributed by atoms with Crippen molar-refractivity contribution in [2.75, 3.05) is 5.32 Å². The lowest BCUT2D eigenvalue weighted by Crippen LogP contribution is -2.04. The Labute approximate surface area is 121 Å². The quantitative estimate of drug-likeness (QED) is 0.892. The zero-order valence-electron chi connectivity index (χ0n) is 10.8. The molecule has 0 heterocycles. The molecule has 0 saturated heterocycles. The monoisotopic (exact) mass is 293 g/mol. The third-order valence-corrected chi connectivity index (χ3v) is 3.31.